The van der Waals surface area contributed by atoms with Crippen molar-refractivity contribution in [2.24, 2.45) is 0 Å². The van der Waals surface area contributed by atoms with Crippen molar-refractivity contribution >= 4 is 0 Å². The number of hydrogen-bond donors (Lipinski definition) is 1. The standard InChI is InChI=1S/C13H17N5O/c1-10-16-12(18-8-2-5-15-18)9-13(17-10)19-11-3-6-14-7-4-11/h2,5,8-9,11,14H,3-4,6-7H2,1H3. The van der Waals surface area contributed by atoms with Crippen molar-refractivity contribution in [1.82, 2.24) is 25.1 Å². The summed E-state index contributed by atoms with van der Waals surface area (Å²) >= 11 is 0. The highest BCUT2D eigenvalue weighted by Crippen LogP contribution is 2.17. The van der Waals surface area contributed by atoms with Gasteiger partial charge in [-0.1, -0.05) is 0 Å². The fourth-order valence-corrected chi connectivity index (χ4v) is 2.19. The molecular formula is C13H17N5O. The molecule has 0 aromatic carbocycles. The van der Waals surface area contributed by atoms with Crippen LogP contribution in [0.15, 0.2) is 24.5 Å². The molecule has 6 nitrogen and oxygen atoms in total. The second kappa shape index (κ2) is 5.36. The Hall–Kier alpha value is -1.95. The first-order chi connectivity index (χ1) is 9.31. The van der Waals surface area contributed by atoms with Crippen molar-refractivity contribution in [2.75, 3.05) is 13.1 Å². The van der Waals surface area contributed by atoms with Gasteiger partial charge in [0.25, 0.3) is 0 Å². The number of aryl methyl sites for hydroxylation is 1. The third-order valence-electron chi connectivity index (χ3n) is 3.11. The highest BCUT2D eigenvalue weighted by Gasteiger charge is 2.16. The van der Waals surface area contributed by atoms with Crippen LogP contribution in [0.2, 0.25) is 0 Å². The number of rotatable bonds is 3. The summed E-state index contributed by atoms with van der Waals surface area (Å²) in [5.41, 5.74) is 0. The normalized spacial score (nSPS) is 16.5. The van der Waals surface area contributed by atoms with E-state index in [1.54, 1.807) is 10.9 Å². The number of hydrogen-bond acceptors (Lipinski definition) is 5. The molecule has 0 atom stereocenters. The maximum Gasteiger partial charge on any atom is 0.219 e. The molecule has 19 heavy (non-hydrogen) atoms. The summed E-state index contributed by atoms with van der Waals surface area (Å²) in [4.78, 5) is 8.71. The lowest BCUT2D eigenvalue weighted by Gasteiger charge is -2.23. The van der Waals surface area contributed by atoms with Gasteiger partial charge in [0.2, 0.25) is 5.88 Å². The molecule has 0 saturated carbocycles. The second-order valence-electron chi connectivity index (χ2n) is 4.63. The predicted molar refractivity (Wildman–Crippen MR) is 70.4 cm³/mol. The third-order valence-corrected chi connectivity index (χ3v) is 3.11. The van der Waals surface area contributed by atoms with Crippen LogP contribution in [0.4, 0.5) is 0 Å². The van der Waals surface area contributed by atoms with Crippen molar-refractivity contribution in [3.63, 3.8) is 0 Å². The van der Waals surface area contributed by atoms with Crippen LogP contribution in [0.25, 0.3) is 5.82 Å². The molecule has 0 unspecified atom stereocenters. The van der Waals surface area contributed by atoms with Gasteiger partial charge in [0.1, 0.15) is 11.9 Å². The Bertz CT molecular complexity index is 534. The van der Waals surface area contributed by atoms with Gasteiger partial charge in [-0.05, 0) is 38.9 Å². The SMILES string of the molecule is Cc1nc(OC2CCNCC2)cc(-n2cccn2)n1. The van der Waals surface area contributed by atoms with E-state index in [0.717, 1.165) is 31.7 Å². The van der Waals surface area contributed by atoms with E-state index in [2.05, 4.69) is 20.4 Å². The van der Waals surface area contributed by atoms with Crippen LogP contribution < -0.4 is 10.1 Å². The summed E-state index contributed by atoms with van der Waals surface area (Å²) < 4.78 is 7.65. The highest BCUT2D eigenvalue weighted by molar-refractivity contribution is 5.27. The van der Waals surface area contributed by atoms with Crippen LogP contribution in [0.3, 0.4) is 0 Å². The van der Waals surface area contributed by atoms with E-state index in [0.29, 0.717) is 11.7 Å². The molecule has 6 heteroatoms. The Morgan fingerprint density at radius 1 is 1.32 bits per heavy atom. The fraction of sp³-hybridized carbons (Fsp3) is 0.462. The van der Waals surface area contributed by atoms with Crippen LogP contribution in [0, 0.1) is 6.92 Å². The molecule has 1 aliphatic heterocycles. The van der Waals surface area contributed by atoms with E-state index < -0.39 is 0 Å². The largest absolute Gasteiger partial charge is 0.474 e. The van der Waals surface area contributed by atoms with E-state index in [-0.39, 0.29) is 6.10 Å². The van der Waals surface area contributed by atoms with Gasteiger partial charge in [-0.2, -0.15) is 10.1 Å². The Morgan fingerprint density at radius 3 is 2.89 bits per heavy atom. The topological polar surface area (TPSA) is 64.9 Å². The molecule has 1 saturated heterocycles. The Labute approximate surface area is 111 Å². The molecule has 0 radical (unpaired) electrons. The van der Waals surface area contributed by atoms with Crippen molar-refractivity contribution in [3.8, 4) is 11.7 Å². The van der Waals surface area contributed by atoms with Crippen LogP contribution in [0.5, 0.6) is 5.88 Å². The zero-order chi connectivity index (χ0) is 13.1. The molecule has 0 spiro atoms. The molecule has 0 bridgehead atoms. The summed E-state index contributed by atoms with van der Waals surface area (Å²) in [5, 5.41) is 7.50. The maximum absolute atomic E-state index is 5.94. The molecule has 0 aliphatic carbocycles. The van der Waals surface area contributed by atoms with Gasteiger partial charge in [-0.15, -0.1) is 0 Å². The molecule has 2 aromatic rings. The third kappa shape index (κ3) is 2.90. The Morgan fingerprint density at radius 2 is 2.16 bits per heavy atom. The zero-order valence-electron chi connectivity index (χ0n) is 10.9. The number of nitrogens with zero attached hydrogens (tertiary/aromatic N) is 4. The van der Waals surface area contributed by atoms with Crippen LogP contribution in [-0.2, 0) is 0 Å². The minimum atomic E-state index is 0.237. The van der Waals surface area contributed by atoms with Crippen molar-refractivity contribution in [3.05, 3.63) is 30.4 Å². The fourth-order valence-electron chi connectivity index (χ4n) is 2.19. The quantitative estimate of drug-likeness (QED) is 0.894. The summed E-state index contributed by atoms with van der Waals surface area (Å²) in [6, 6.07) is 3.70. The van der Waals surface area contributed by atoms with Crippen molar-refractivity contribution < 1.29 is 4.74 Å². The highest BCUT2D eigenvalue weighted by atomic mass is 16.5. The summed E-state index contributed by atoms with van der Waals surface area (Å²) in [7, 11) is 0. The molecule has 3 rings (SSSR count). The second-order valence-corrected chi connectivity index (χ2v) is 4.63. The maximum atomic E-state index is 5.94. The van der Waals surface area contributed by atoms with E-state index >= 15 is 0 Å². The van der Waals surface area contributed by atoms with E-state index in [1.165, 1.54) is 0 Å². The molecule has 3 heterocycles. The minimum Gasteiger partial charge on any atom is -0.474 e. The van der Waals surface area contributed by atoms with Gasteiger partial charge < -0.3 is 10.1 Å². The van der Waals surface area contributed by atoms with Crippen LogP contribution >= 0.6 is 0 Å². The minimum absolute atomic E-state index is 0.237. The lowest BCUT2D eigenvalue weighted by Crippen LogP contribution is -2.34. The summed E-state index contributed by atoms with van der Waals surface area (Å²) in [6.45, 7) is 3.86. The molecule has 2 aromatic heterocycles. The monoisotopic (exact) mass is 259 g/mol. The predicted octanol–water partition coefficient (Wildman–Crippen LogP) is 1.10. The van der Waals surface area contributed by atoms with E-state index in [4.69, 9.17) is 4.74 Å². The molecule has 100 valence electrons. The average molecular weight is 259 g/mol. The van der Waals surface area contributed by atoms with Gasteiger partial charge in [0, 0.05) is 18.5 Å². The Balaban J connectivity index is 1.81. The summed E-state index contributed by atoms with van der Waals surface area (Å²) in [6.07, 6.45) is 5.85. The average Bonchev–Trinajstić information content (AvgIpc) is 2.93. The molecule has 0 amide bonds. The lowest BCUT2D eigenvalue weighted by atomic mass is 10.1. The lowest BCUT2D eigenvalue weighted by molar-refractivity contribution is 0.155. The number of aromatic nitrogens is 4. The van der Waals surface area contributed by atoms with Crippen molar-refractivity contribution in [1.29, 1.82) is 0 Å². The number of nitrogens with one attached hydrogen (secondary N) is 1. The first-order valence-electron chi connectivity index (χ1n) is 6.54. The van der Waals surface area contributed by atoms with E-state index in [1.807, 2.05) is 25.3 Å². The first-order valence-corrected chi connectivity index (χ1v) is 6.54. The molecular weight excluding hydrogens is 242 g/mol. The smallest absolute Gasteiger partial charge is 0.219 e. The van der Waals surface area contributed by atoms with Crippen LogP contribution in [-0.4, -0.2) is 38.9 Å². The van der Waals surface area contributed by atoms with Crippen molar-refractivity contribution in [2.45, 2.75) is 25.9 Å². The van der Waals surface area contributed by atoms with Gasteiger partial charge in [-0.3, -0.25) is 0 Å². The van der Waals surface area contributed by atoms with Crippen LogP contribution in [0.1, 0.15) is 18.7 Å². The van der Waals surface area contributed by atoms with Gasteiger partial charge >= 0.3 is 0 Å². The Kier molecular flexibility index (Phi) is 3.41. The molecule has 1 aliphatic rings. The molecule has 1 N–H and O–H groups in total. The summed E-state index contributed by atoms with van der Waals surface area (Å²) in [5.74, 6) is 2.06. The van der Waals surface area contributed by atoms with Gasteiger partial charge in [-0.25, -0.2) is 9.67 Å². The van der Waals surface area contributed by atoms with Gasteiger partial charge in [0.05, 0.1) is 0 Å². The van der Waals surface area contributed by atoms with E-state index in [9.17, 15) is 0 Å². The van der Waals surface area contributed by atoms with Gasteiger partial charge in [0.15, 0.2) is 5.82 Å². The first kappa shape index (κ1) is 12.1. The zero-order valence-corrected chi connectivity index (χ0v) is 10.9. The molecule has 1 fully saturated rings. The number of ether oxygens (including phenoxy) is 1. The number of piperidine rings is 1.